The summed E-state index contributed by atoms with van der Waals surface area (Å²) < 4.78 is 10.6. The number of amides is 2. The molecule has 5 rings (SSSR count). The maximum Gasteiger partial charge on any atom is 0.254 e. The molecular formula is C28H31N5O5. The number of carbonyl (C=O) groups is 2. The molecule has 3 heterocycles. The van der Waals surface area contributed by atoms with Crippen LogP contribution < -0.4 is 15.4 Å². The molecule has 1 aromatic heterocycles. The third kappa shape index (κ3) is 5.76. The van der Waals surface area contributed by atoms with Gasteiger partial charge in [-0.05, 0) is 48.2 Å². The Kier molecular flexibility index (Phi) is 7.81. The average Bonchev–Trinajstić information content (AvgIpc) is 3.26. The second kappa shape index (κ2) is 11.6. The first-order valence-electron chi connectivity index (χ1n) is 12.7. The fourth-order valence-electron chi connectivity index (χ4n) is 4.77. The summed E-state index contributed by atoms with van der Waals surface area (Å²) in [5, 5.41) is 16.0. The largest absolute Gasteiger partial charge is 0.497 e. The maximum atomic E-state index is 13.2. The number of hydrogen-bond donors (Lipinski definition) is 3. The number of aromatic nitrogens is 2. The topological polar surface area (TPSA) is 126 Å². The normalized spacial score (nSPS) is 16.2. The van der Waals surface area contributed by atoms with E-state index in [0.29, 0.717) is 29.5 Å². The molecule has 0 radical (unpaired) electrons. The Labute approximate surface area is 221 Å². The van der Waals surface area contributed by atoms with Crippen LogP contribution in [-0.2, 0) is 16.1 Å². The molecule has 0 bridgehead atoms. The van der Waals surface area contributed by atoms with Gasteiger partial charge in [-0.25, -0.2) is 9.97 Å². The van der Waals surface area contributed by atoms with E-state index in [2.05, 4.69) is 20.6 Å². The molecule has 0 saturated carbocycles. The fourth-order valence-corrected chi connectivity index (χ4v) is 4.77. The summed E-state index contributed by atoms with van der Waals surface area (Å²) in [7, 11) is 1.56. The van der Waals surface area contributed by atoms with E-state index in [9.17, 15) is 14.7 Å². The second-order valence-corrected chi connectivity index (χ2v) is 9.41. The molecule has 2 aliphatic heterocycles. The van der Waals surface area contributed by atoms with Gasteiger partial charge in [0.25, 0.3) is 5.91 Å². The van der Waals surface area contributed by atoms with Gasteiger partial charge in [-0.3, -0.25) is 9.59 Å². The van der Waals surface area contributed by atoms with Gasteiger partial charge < -0.3 is 30.1 Å². The number of hydrogen-bond acceptors (Lipinski definition) is 8. The van der Waals surface area contributed by atoms with Crippen LogP contribution in [0.5, 0.6) is 5.75 Å². The van der Waals surface area contributed by atoms with Gasteiger partial charge >= 0.3 is 0 Å². The van der Waals surface area contributed by atoms with Crippen molar-refractivity contribution in [3.8, 4) is 17.0 Å². The van der Waals surface area contributed by atoms with E-state index in [1.54, 1.807) is 37.6 Å². The van der Waals surface area contributed by atoms with Gasteiger partial charge in [-0.2, -0.15) is 0 Å². The van der Waals surface area contributed by atoms with Gasteiger partial charge in [0.2, 0.25) is 11.9 Å². The van der Waals surface area contributed by atoms with Crippen molar-refractivity contribution in [1.82, 2.24) is 20.2 Å². The van der Waals surface area contributed by atoms with Crippen molar-refractivity contribution in [2.45, 2.75) is 31.5 Å². The lowest BCUT2D eigenvalue weighted by molar-refractivity contribution is -0.122. The summed E-state index contributed by atoms with van der Waals surface area (Å²) in [5.74, 6) is 0.613. The number of nitrogens with zero attached hydrogens (tertiary/aromatic N) is 3. The molecule has 0 spiro atoms. The summed E-state index contributed by atoms with van der Waals surface area (Å²) in [5.41, 5.74) is 3.65. The van der Waals surface area contributed by atoms with Gasteiger partial charge in [0.05, 0.1) is 25.5 Å². The van der Waals surface area contributed by atoms with Crippen LogP contribution in [-0.4, -0.2) is 71.3 Å². The molecule has 1 atom stereocenters. The fraction of sp³-hybridized carbons (Fsp3) is 0.357. The first-order valence-corrected chi connectivity index (χ1v) is 12.7. The lowest BCUT2D eigenvalue weighted by Crippen LogP contribution is -2.40. The number of methoxy groups -OCH3 is 1. The Morgan fingerprint density at radius 3 is 2.84 bits per heavy atom. The van der Waals surface area contributed by atoms with E-state index in [1.807, 2.05) is 24.3 Å². The molecule has 3 N–H and O–H groups in total. The number of ether oxygens (including phenoxy) is 2. The van der Waals surface area contributed by atoms with E-state index in [4.69, 9.17) is 9.47 Å². The number of benzene rings is 2. The zero-order valence-corrected chi connectivity index (χ0v) is 21.2. The predicted molar refractivity (Wildman–Crippen MR) is 141 cm³/mol. The minimum Gasteiger partial charge on any atom is -0.497 e. The van der Waals surface area contributed by atoms with E-state index < -0.39 is 6.04 Å². The highest BCUT2D eigenvalue weighted by atomic mass is 16.5. The van der Waals surface area contributed by atoms with Crippen molar-refractivity contribution in [3.63, 3.8) is 0 Å². The molecule has 10 nitrogen and oxygen atoms in total. The van der Waals surface area contributed by atoms with Crippen LogP contribution >= 0.6 is 0 Å². The Bertz CT molecular complexity index is 1310. The van der Waals surface area contributed by atoms with Crippen LogP contribution in [0, 0.1) is 0 Å². The molecule has 1 saturated heterocycles. The first-order chi connectivity index (χ1) is 18.5. The molecule has 2 aromatic carbocycles. The predicted octanol–water partition coefficient (Wildman–Crippen LogP) is 2.55. The number of nitrogens with one attached hydrogen (secondary N) is 2. The van der Waals surface area contributed by atoms with E-state index >= 15 is 0 Å². The lowest BCUT2D eigenvalue weighted by Gasteiger charge is -2.23. The minimum atomic E-state index is -0.606. The smallest absolute Gasteiger partial charge is 0.254 e. The Hall–Kier alpha value is -4.02. The third-order valence-corrected chi connectivity index (χ3v) is 6.84. The van der Waals surface area contributed by atoms with E-state index in [0.717, 1.165) is 42.7 Å². The number of carbonyl (C=O) groups excluding carboxylic acids is 2. The van der Waals surface area contributed by atoms with Crippen LogP contribution in [0.3, 0.4) is 0 Å². The maximum absolute atomic E-state index is 13.2. The molecule has 2 aliphatic rings. The van der Waals surface area contributed by atoms with E-state index in [-0.39, 0.29) is 31.0 Å². The summed E-state index contributed by atoms with van der Waals surface area (Å²) >= 11 is 0. The molecule has 0 aliphatic carbocycles. The number of fused-ring (bicyclic) bond motifs is 1. The highest BCUT2D eigenvalue weighted by Gasteiger charge is 2.30. The number of aliphatic hydroxyl groups excluding tert-OH is 1. The third-order valence-electron chi connectivity index (χ3n) is 6.84. The molecule has 38 heavy (non-hydrogen) atoms. The first kappa shape index (κ1) is 25.6. The quantitative estimate of drug-likeness (QED) is 0.395. The van der Waals surface area contributed by atoms with Crippen LogP contribution in [0.2, 0.25) is 0 Å². The highest BCUT2D eigenvalue weighted by Crippen LogP contribution is 2.28. The zero-order chi connectivity index (χ0) is 26.5. The SMILES string of the molecule is COc1cccc(C(CO)NC(=O)CN2Cc3ccc(-c4ccnc(NC5CCOCC5)n4)cc3C2=O)c1. The van der Waals surface area contributed by atoms with Crippen LogP contribution in [0.4, 0.5) is 5.95 Å². The van der Waals surface area contributed by atoms with Crippen molar-refractivity contribution in [2.24, 2.45) is 0 Å². The highest BCUT2D eigenvalue weighted by molar-refractivity contribution is 6.01. The summed E-state index contributed by atoms with van der Waals surface area (Å²) in [4.78, 5) is 36.5. The number of rotatable bonds is 9. The van der Waals surface area contributed by atoms with Crippen LogP contribution in [0.25, 0.3) is 11.3 Å². The second-order valence-electron chi connectivity index (χ2n) is 9.41. The van der Waals surface area contributed by atoms with Crippen molar-refractivity contribution < 1.29 is 24.2 Å². The summed E-state index contributed by atoms with van der Waals surface area (Å²) in [6, 6.07) is 14.3. The summed E-state index contributed by atoms with van der Waals surface area (Å²) in [6.45, 7) is 1.39. The van der Waals surface area contributed by atoms with Crippen molar-refractivity contribution in [2.75, 3.05) is 38.8 Å². The average molecular weight is 518 g/mol. The molecule has 1 unspecified atom stereocenters. The Balaban J connectivity index is 1.24. The molecule has 2 amide bonds. The molecular weight excluding hydrogens is 486 g/mol. The molecule has 198 valence electrons. The van der Waals surface area contributed by atoms with Crippen LogP contribution in [0.1, 0.15) is 40.4 Å². The van der Waals surface area contributed by atoms with Crippen molar-refractivity contribution >= 4 is 17.8 Å². The van der Waals surface area contributed by atoms with Gasteiger partial charge in [-0.1, -0.05) is 24.3 Å². The minimum absolute atomic E-state index is 0.115. The zero-order valence-electron chi connectivity index (χ0n) is 21.2. The summed E-state index contributed by atoms with van der Waals surface area (Å²) in [6.07, 6.45) is 3.52. The Morgan fingerprint density at radius 2 is 2.05 bits per heavy atom. The van der Waals surface area contributed by atoms with Gasteiger partial charge in [0, 0.05) is 43.1 Å². The van der Waals surface area contributed by atoms with E-state index in [1.165, 1.54) is 4.90 Å². The van der Waals surface area contributed by atoms with Crippen molar-refractivity contribution in [3.05, 3.63) is 71.4 Å². The van der Waals surface area contributed by atoms with Gasteiger partial charge in [0.15, 0.2) is 0 Å². The standard InChI is InChI=1S/C28H31N5O5/c1-37-22-4-2-3-18(13-22)25(17-34)31-26(35)16-33-15-20-6-5-19(14-23(20)27(33)36)24-7-10-29-28(32-24)30-21-8-11-38-12-9-21/h2-7,10,13-14,21,25,34H,8-9,11-12,15-17H2,1H3,(H,31,35)(H,29,30,32). The van der Waals surface area contributed by atoms with Gasteiger partial charge in [0.1, 0.15) is 12.3 Å². The molecule has 3 aromatic rings. The molecule has 1 fully saturated rings. The lowest BCUT2D eigenvalue weighted by atomic mass is 10.0. The molecule has 10 heteroatoms. The van der Waals surface area contributed by atoms with Crippen molar-refractivity contribution in [1.29, 1.82) is 0 Å². The number of aliphatic hydroxyl groups is 1. The Morgan fingerprint density at radius 1 is 1.21 bits per heavy atom. The number of anilines is 1. The van der Waals surface area contributed by atoms with Gasteiger partial charge in [-0.15, -0.1) is 0 Å². The van der Waals surface area contributed by atoms with Crippen LogP contribution in [0.15, 0.2) is 54.7 Å². The monoisotopic (exact) mass is 517 g/mol.